The Kier molecular flexibility index (Phi) is 7.31. The number of halogens is 1. The summed E-state index contributed by atoms with van der Waals surface area (Å²) in [7, 11) is 0. The Hall–Kier alpha value is -2.89. The van der Waals surface area contributed by atoms with Gasteiger partial charge in [-0.2, -0.15) is 0 Å². The maximum absolute atomic E-state index is 12.4. The lowest BCUT2D eigenvalue weighted by molar-refractivity contribution is -0.672. The number of nitrogens with zero attached hydrogens (tertiary/aromatic N) is 4. The van der Waals surface area contributed by atoms with Crippen molar-refractivity contribution in [1.29, 1.82) is 0 Å². The number of anilines is 1. The van der Waals surface area contributed by atoms with Crippen molar-refractivity contribution in [2.45, 2.75) is 45.3 Å². The molecule has 1 aromatic carbocycles. The maximum Gasteiger partial charge on any atom is 0.460 e. The number of hydrogen-bond acceptors (Lipinski definition) is 8. The largest absolute Gasteiger partial charge is 0.739 e. The van der Waals surface area contributed by atoms with Crippen LogP contribution in [0.1, 0.15) is 33.1 Å². The van der Waals surface area contributed by atoms with Crippen LogP contribution in [0.3, 0.4) is 0 Å². The number of fused-ring (bicyclic) bond motifs is 1. The predicted molar refractivity (Wildman–Crippen MR) is 113 cm³/mol. The Labute approximate surface area is 187 Å². The minimum absolute atomic E-state index is 0.00544. The Balaban J connectivity index is 1.46. The van der Waals surface area contributed by atoms with Crippen LogP contribution in [-0.2, 0) is 14.3 Å². The lowest BCUT2D eigenvalue weighted by Crippen LogP contribution is -2.44. The number of aromatic nitrogens is 3. The first-order valence-electron chi connectivity index (χ1n) is 9.96. The molecule has 2 heterocycles. The number of likely N-dealkylation sites (tertiary alicyclic amines) is 1. The number of piperidine rings is 1. The fourth-order valence-electron chi connectivity index (χ4n) is 3.18. The molecule has 0 spiro atoms. The molecule has 1 N–H and O–H groups in total. The lowest BCUT2D eigenvalue weighted by atomic mass is 10.1. The van der Waals surface area contributed by atoms with Gasteiger partial charge in [0.2, 0.25) is 5.10 Å². The number of carbonyl (C=O) groups excluding carboxylic acids is 2. The number of rotatable bonds is 6. The molecule has 1 saturated heterocycles. The quantitative estimate of drug-likeness (QED) is 0.361. The molecule has 1 fully saturated rings. The monoisotopic (exact) mass is 497 g/mol. The second-order valence-corrected chi connectivity index (χ2v) is 8.33. The van der Waals surface area contributed by atoms with Crippen LogP contribution in [0.25, 0.3) is 11.0 Å². The highest BCUT2D eigenvalue weighted by atomic mass is 79.9. The first kappa shape index (κ1) is 22.8. The van der Waals surface area contributed by atoms with Gasteiger partial charge in [0.25, 0.3) is 0 Å². The summed E-state index contributed by atoms with van der Waals surface area (Å²) in [6, 6.07) is 4.65. The van der Waals surface area contributed by atoms with E-state index in [1.807, 2.05) is 0 Å². The molecule has 2 aromatic rings. The van der Waals surface area contributed by atoms with Gasteiger partial charge in [0, 0.05) is 41.3 Å². The minimum atomic E-state index is -0.437. The van der Waals surface area contributed by atoms with Crippen molar-refractivity contribution in [3.8, 4) is 0 Å². The van der Waals surface area contributed by atoms with E-state index in [4.69, 9.17) is 9.47 Å². The Morgan fingerprint density at radius 3 is 2.68 bits per heavy atom. The van der Waals surface area contributed by atoms with E-state index in [1.165, 1.54) is 12.1 Å². The van der Waals surface area contributed by atoms with E-state index in [9.17, 15) is 20.0 Å². The second-order valence-electron chi connectivity index (χ2n) is 7.41. The highest BCUT2D eigenvalue weighted by Crippen LogP contribution is 2.16. The smallest absolute Gasteiger partial charge is 0.460 e. The number of ether oxygens (including phenoxy) is 2. The zero-order chi connectivity index (χ0) is 22.5. The van der Waals surface area contributed by atoms with Crippen LogP contribution in [0.5, 0.6) is 0 Å². The molecule has 0 radical (unpaired) electrons. The summed E-state index contributed by atoms with van der Waals surface area (Å²) in [4.78, 5) is 26.0. The molecule has 168 valence electrons. The Morgan fingerprint density at radius 1 is 1.29 bits per heavy atom. The molecule has 11 nitrogen and oxygen atoms in total. The van der Waals surface area contributed by atoms with Crippen molar-refractivity contribution >= 4 is 45.0 Å². The van der Waals surface area contributed by atoms with Gasteiger partial charge >= 0.3 is 23.5 Å². The third-order valence-electron chi connectivity index (χ3n) is 4.69. The van der Waals surface area contributed by atoms with Crippen LogP contribution in [0.15, 0.2) is 22.7 Å². The highest BCUT2D eigenvalue weighted by molar-refractivity contribution is 9.10. The molecule has 1 aromatic heterocycles. The van der Waals surface area contributed by atoms with Crippen LogP contribution >= 0.6 is 15.9 Å². The van der Waals surface area contributed by atoms with E-state index >= 15 is 0 Å². The van der Waals surface area contributed by atoms with Gasteiger partial charge in [0.1, 0.15) is 6.10 Å². The topological polar surface area (TPSA) is 135 Å². The summed E-state index contributed by atoms with van der Waals surface area (Å²) < 4.78 is 11.8. The van der Waals surface area contributed by atoms with Crippen LogP contribution in [0, 0.1) is 10.4 Å². The van der Waals surface area contributed by atoms with Crippen molar-refractivity contribution in [2.24, 2.45) is 0 Å². The van der Waals surface area contributed by atoms with Crippen molar-refractivity contribution in [2.75, 3.05) is 25.0 Å². The van der Waals surface area contributed by atoms with Crippen molar-refractivity contribution < 1.29 is 28.6 Å². The van der Waals surface area contributed by atoms with Gasteiger partial charge in [0.05, 0.1) is 19.1 Å². The van der Waals surface area contributed by atoms with Gasteiger partial charge in [-0.15, -0.1) is 0 Å². The molecule has 1 aliphatic rings. The summed E-state index contributed by atoms with van der Waals surface area (Å²) in [6.07, 6.45) is 0.241. The summed E-state index contributed by atoms with van der Waals surface area (Å²) in [5, 5.41) is 30.8. The van der Waals surface area contributed by atoms with Crippen molar-refractivity contribution in [3.63, 3.8) is 0 Å². The van der Waals surface area contributed by atoms with E-state index in [0.29, 0.717) is 40.0 Å². The van der Waals surface area contributed by atoms with Gasteiger partial charge < -0.3 is 24.8 Å². The number of esters is 1. The normalized spacial score (nSPS) is 14.6. The van der Waals surface area contributed by atoms with Gasteiger partial charge in [-0.3, -0.25) is 10.1 Å². The average molecular weight is 498 g/mol. The fourth-order valence-corrected chi connectivity index (χ4v) is 3.53. The zero-order valence-electron chi connectivity index (χ0n) is 17.2. The molecule has 0 atom stereocenters. The van der Waals surface area contributed by atoms with Gasteiger partial charge in [-0.25, -0.2) is 9.52 Å². The number of carbonyl (C=O) groups is 2. The van der Waals surface area contributed by atoms with Crippen LogP contribution in [-0.4, -0.2) is 53.9 Å². The molecule has 31 heavy (non-hydrogen) atoms. The van der Waals surface area contributed by atoms with Crippen LogP contribution in [0.4, 0.5) is 10.7 Å². The van der Waals surface area contributed by atoms with Crippen molar-refractivity contribution in [1.82, 2.24) is 10.00 Å². The van der Waals surface area contributed by atoms with Crippen molar-refractivity contribution in [3.05, 3.63) is 33.1 Å². The first-order chi connectivity index (χ1) is 14.7. The molecule has 0 bridgehead atoms. The SMILES string of the molecule is CC(C)OC(=O)N1CCC(OC(=O)CCNc2n[n+]([O-])c3cc(Br)ccc3[n+]2[O-])CC1. The van der Waals surface area contributed by atoms with E-state index < -0.39 is 5.97 Å². The first-order valence-corrected chi connectivity index (χ1v) is 10.8. The van der Waals surface area contributed by atoms with E-state index in [2.05, 4.69) is 26.3 Å². The van der Waals surface area contributed by atoms with E-state index in [1.54, 1.807) is 24.8 Å². The number of benzene rings is 1. The third kappa shape index (κ3) is 5.84. The summed E-state index contributed by atoms with van der Waals surface area (Å²) in [5.41, 5.74) is 0.277. The lowest BCUT2D eigenvalue weighted by Gasteiger charge is -2.31. The second kappa shape index (κ2) is 9.94. The minimum Gasteiger partial charge on any atom is -0.739 e. The summed E-state index contributed by atoms with van der Waals surface area (Å²) >= 11 is 3.24. The molecular weight excluding hydrogens is 474 g/mol. The summed E-state index contributed by atoms with van der Waals surface area (Å²) in [5.74, 6) is -0.637. The van der Waals surface area contributed by atoms with Crippen LogP contribution in [0.2, 0.25) is 0 Å². The van der Waals surface area contributed by atoms with Crippen LogP contribution < -0.4 is 14.9 Å². The van der Waals surface area contributed by atoms with E-state index in [-0.39, 0.29) is 48.2 Å². The number of amides is 1. The van der Waals surface area contributed by atoms with Gasteiger partial charge in [-0.05, 0) is 26.0 Å². The number of nitrogens with one attached hydrogen (secondary N) is 1. The molecule has 0 unspecified atom stereocenters. The average Bonchev–Trinajstić information content (AvgIpc) is 2.71. The highest BCUT2D eigenvalue weighted by Gasteiger charge is 2.27. The number of hydrogen-bond donors (Lipinski definition) is 1. The van der Waals surface area contributed by atoms with Gasteiger partial charge in [0.15, 0.2) is 5.52 Å². The predicted octanol–water partition coefficient (Wildman–Crippen LogP) is 1.62. The molecule has 12 heteroatoms. The molecule has 0 aliphatic carbocycles. The van der Waals surface area contributed by atoms with Gasteiger partial charge in [-0.1, -0.05) is 15.9 Å². The summed E-state index contributed by atoms with van der Waals surface area (Å²) in [6.45, 7) is 4.57. The standard InChI is InChI=1S/C19H24BrN5O6/c1-12(2)30-19(27)23-9-6-14(7-10-23)31-17(26)5-8-21-18-22-25(29)16-11-13(20)3-4-15(16)24(18)28/h3-4,11-12,14H,5-10H2,1-2H3,(H,21,22). The molecule has 0 saturated carbocycles. The molecule has 1 aliphatic heterocycles. The fraction of sp³-hybridized carbons (Fsp3) is 0.526. The maximum atomic E-state index is 12.4. The molecule has 1 amide bonds. The molecule has 3 rings (SSSR count). The zero-order valence-corrected chi connectivity index (χ0v) is 18.8. The van der Waals surface area contributed by atoms with E-state index in [0.717, 1.165) is 0 Å². The Bertz CT molecular complexity index is 964. The molecular formula is C19H24BrN5O6. The Morgan fingerprint density at radius 2 is 2.00 bits per heavy atom. The third-order valence-corrected chi connectivity index (χ3v) is 5.18.